The number of allylic oxidation sites excluding steroid dienone is 2. The van der Waals surface area contributed by atoms with Crippen molar-refractivity contribution in [3.05, 3.63) is 24.3 Å². The molecule has 23 heavy (non-hydrogen) atoms. The minimum absolute atomic E-state index is 0.286. The van der Waals surface area contributed by atoms with Gasteiger partial charge in [-0.15, -0.1) is 0 Å². The molecule has 0 saturated carbocycles. The quantitative estimate of drug-likeness (QED) is 0.627. The van der Waals surface area contributed by atoms with Crippen LogP contribution in [0.25, 0.3) is 0 Å². The van der Waals surface area contributed by atoms with Crippen LogP contribution in [-0.4, -0.2) is 24.8 Å². The van der Waals surface area contributed by atoms with Crippen LogP contribution in [0.5, 0.6) is 0 Å². The van der Waals surface area contributed by atoms with Gasteiger partial charge in [-0.1, -0.05) is 38.2 Å². The minimum atomic E-state index is -0.603. The Morgan fingerprint density at radius 3 is 1.70 bits per heavy atom. The van der Waals surface area contributed by atoms with Crippen LogP contribution in [0.1, 0.15) is 66.2 Å². The van der Waals surface area contributed by atoms with Gasteiger partial charge in [0.2, 0.25) is 0 Å². The highest BCUT2D eigenvalue weighted by atomic mass is 16.8. The largest absolute Gasteiger partial charge is 0.349 e. The smallest absolute Gasteiger partial charge is 0.175 e. The van der Waals surface area contributed by atoms with Crippen LogP contribution in [0.4, 0.5) is 0 Å². The van der Waals surface area contributed by atoms with Crippen molar-refractivity contribution in [2.45, 2.75) is 77.8 Å². The molecule has 2 rings (SSSR count). The lowest BCUT2D eigenvalue weighted by atomic mass is 9.88. The third-order valence-corrected chi connectivity index (χ3v) is 5.06. The fourth-order valence-electron chi connectivity index (χ4n) is 3.65. The monoisotopic (exact) mass is 322 g/mol. The molecule has 2 saturated heterocycles. The maximum Gasteiger partial charge on any atom is 0.175 e. The third-order valence-electron chi connectivity index (χ3n) is 5.06. The molecule has 3 heteroatoms. The lowest BCUT2D eigenvalue weighted by Crippen LogP contribution is -2.54. The van der Waals surface area contributed by atoms with E-state index in [1.54, 1.807) is 0 Å². The molecule has 0 aromatic heterocycles. The summed E-state index contributed by atoms with van der Waals surface area (Å²) in [5.41, 5.74) is 0. The van der Waals surface area contributed by atoms with Gasteiger partial charge >= 0.3 is 0 Å². The van der Waals surface area contributed by atoms with Crippen LogP contribution in [0, 0.1) is 11.8 Å². The second-order valence-electron chi connectivity index (χ2n) is 7.00. The predicted molar refractivity (Wildman–Crippen MR) is 94.1 cm³/mol. The van der Waals surface area contributed by atoms with Gasteiger partial charge in [-0.05, 0) is 52.4 Å². The Labute approximate surface area is 142 Å². The molecule has 0 aromatic carbocycles. The van der Waals surface area contributed by atoms with E-state index in [1.807, 2.05) is 0 Å². The van der Waals surface area contributed by atoms with E-state index in [0.29, 0.717) is 0 Å². The number of rotatable bonds is 6. The summed E-state index contributed by atoms with van der Waals surface area (Å²) in [6.45, 7) is 10.0. The highest BCUT2D eigenvalue weighted by Gasteiger charge is 2.47. The predicted octanol–water partition coefficient (Wildman–Crippen LogP) is 5.22. The Morgan fingerprint density at radius 2 is 1.30 bits per heavy atom. The fourth-order valence-corrected chi connectivity index (χ4v) is 3.65. The molecule has 0 aliphatic carbocycles. The van der Waals surface area contributed by atoms with Crippen LogP contribution in [0.2, 0.25) is 0 Å². The van der Waals surface area contributed by atoms with Gasteiger partial charge < -0.3 is 14.2 Å². The summed E-state index contributed by atoms with van der Waals surface area (Å²) in [4.78, 5) is 0. The first-order valence-corrected chi connectivity index (χ1v) is 9.35. The van der Waals surface area contributed by atoms with Crippen molar-refractivity contribution in [2.75, 3.05) is 13.2 Å². The molecule has 4 atom stereocenters. The van der Waals surface area contributed by atoms with E-state index in [0.717, 1.165) is 51.7 Å². The topological polar surface area (TPSA) is 27.7 Å². The van der Waals surface area contributed by atoms with Crippen molar-refractivity contribution in [1.82, 2.24) is 0 Å². The Bertz CT molecular complexity index is 379. The standard InChI is InChI=1S/C20H34O3/c1-5-7-11-17-13-9-15-21-19(17,3)23-20(4)18(12-8-6-2)14-10-16-22-20/h7-8,11-12,17-18H,5-6,9-10,13-16H2,1-4H3. The molecule has 0 N–H and O–H groups in total. The van der Waals surface area contributed by atoms with Gasteiger partial charge in [0, 0.05) is 11.8 Å². The molecule has 0 radical (unpaired) electrons. The van der Waals surface area contributed by atoms with Crippen molar-refractivity contribution >= 4 is 0 Å². The average molecular weight is 322 g/mol. The molecule has 0 amide bonds. The van der Waals surface area contributed by atoms with Crippen molar-refractivity contribution < 1.29 is 14.2 Å². The van der Waals surface area contributed by atoms with Gasteiger partial charge in [-0.2, -0.15) is 0 Å². The van der Waals surface area contributed by atoms with Crippen LogP contribution in [-0.2, 0) is 14.2 Å². The van der Waals surface area contributed by atoms with E-state index < -0.39 is 11.6 Å². The van der Waals surface area contributed by atoms with Crippen molar-refractivity contribution in [3.8, 4) is 0 Å². The van der Waals surface area contributed by atoms with E-state index >= 15 is 0 Å². The molecule has 132 valence electrons. The number of hydrogen-bond donors (Lipinski definition) is 0. The van der Waals surface area contributed by atoms with Crippen LogP contribution < -0.4 is 0 Å². The Balaban J connectivity index is 2.17. The summed E-state index contributed by atoms with van der Waals surface area (Å²) in [5, 5.41) is 0. The van der Waals surface area contributed by atoms with Gasteiger partial charge in [0.15, 0.2) is 11.6 Å². The van der Waals surface area contributed by atoms with Crippen molar-refractivity contribution in [2.24, 2.45) is 11.8 Å². The summed E-state index contributed by atoms with van der Waals surface area (Å²) in [5.74, 6) is -0.633. The Kier molecular flexibility index (Phi) is 6.87. The van der Waals surface area contributed by atoms with E-state index in [2.05, 4.69) is 52.0 Å². The number of ether oxygens (including phenoxy) is 3. The highest BCUT2D eigenvalue weighted by molar-refractivity contribution is 5.00. The maximum atomic E-state index is 6.58. The molecule has 0 aromatic rings. The molecule has 2 aliphatic rings. The van der Waals surface area contributed by atoms with Gasteiger partial charge in [0.25, 0.3) is 0 Å². The lowest BCUT2D eigenvalue weighted by Gasteiger charge is -2.49. The summed E-state index contributed by atoms with van der Waals surface area (Å²) in [6, 6.07) is 0. The van der Waals surface area contributed by atoms with E-state index in [4.69, 9.17) is 14.2 Å². The lowest BCUT2D eigenvalue weighted by molar-refractivity contribution is -0.384. The fraction of sp³-hybridized carbons (Fsp3) is 0.800. The first-order chi connectivity index (χ1) is 11.0. The van der Waals surface area contributed by atoms with Crippen LogP contribution in [0.15, 0.2) is 24.3 Å². The molecule has 2 aliphatic heterocycles. The molecule has 0 spiro atoms. The summed E-state index contributed by atoms with van der Waals surface area (Å²) in [6.07, 6.45) is 15.5. The molecular formula is C20H34O3. The van der Waals surface area contributed by atoms with E-state index in [9.17, 15) is 0 Å². The minimum Gasteiger partial charge on any atom is -0.349 e. The van der Waals surface area contributed by atoms with Crippen LogP contribution in [0.3, 0.4) is 0 Å². The zero-order valence-electron chi connectivity index (χ0n) is 15.3. The van der Waals surface area contributed by atoms with Gasteiger partial charge in [0.05, 0.1) is 13.2 Å². The second kappa shape index (κ2) is 8.46. The van der Waals surface area contributed by atoms with Crippen molar-refractivity contribution in [1.29, 1.82) is 0 Å². The molecule has 2 heterocycles. The van der Waals surface area contributed by atoms with Gasteiger partial charge in [-0.3, -0.25) is 0 Å². The van der Waals surface area contributed by atoms with Gasteiger partial charge in [0.1, 0.15) is 0 Å². The molecule has 0 bridgehead atoms. The average Bonchev–Trinajstić information content (AvgIpc) is 2.53. The molecule has 3 nitrogen and oxygen atoms in total. The van der Waals surface area contributed by atoms with Gasteiger partial charge in [-0.25, -0.2) is 0 Å². The third kappa shape index (κ3) is 4.68. The number of hydrogen-bond acceptors (Lipinski definition) is 3. The van der Waals surface area contributed by atoms with E-state index in [1.165, 1.54) is 0 Å². The van der Waals surface area contributed by atoms with E-state index in [-0.39, 0.29) is 11.8 Å². The summed E-state index contributed by atoms with van der Waals surface area (Å²) in [7, 11) is 0. The first kappa shape index (κ1) is 18.7. The zero-order chi connectivity index (χ0) is 16.8. The summed E-state index contributed by atoms with van der Waals surface area (Å²) >= 11 is 0. The Hall–Kier alpha value is -0.640. The first-order valence-electron chi connectivity index (χ1n) is 9.35. The molecule has 2 fully saturated rings. The summed E-state index contributed by atoms with van der Waals surface area (Å²) < 4.78 is 18.8. The SMILES string of the molecule is CCC=CC1CCCOC1(C)OC1(C)OCCCC1C=CCC. The zero-order valence-corrected chi connectivity index (χ0v) is 15.3. The normalized spacial score (nSPS) is 39.3. The maximum absolute atomic E-state index is 6.58. The highest BCUT2D eigenvalue weighted by Crippen LogP contribution is 2.42. The van der Waals surface area contributed by atoms with Crippen molar-refractivity contribution in [3.63, 3.8) is 0 Å². The second-order valence-corrected chi connectivity index (χ2v) is 7.00. The van der Waals surface area contributed by atoms with Crippen LogP contribution >= 0.6 is 0 Å². The Morgan fingerprint density at radius 1 is 0.870 bits per heavy atom. The molecular weight excluding hydrogens is 288 g/mol. The molecule has 4 unspecified atom stereocenters.